The Labute approximate surface area is 122 Å². The SMILES string of the molecule is NCCOc1cccc(Nc2cnc3ccccc3n2)c1. The van der Waals surface area contributed by atoms with E-state index in [9.17, 15) is 0 Å². The van der Waals surface area contributed by atoms with Crippen LogP contribution in [0.3, 0.4) is 0 Å². The normalized spacial score (nSPS) is 10.5. The van der Waals surface area contributed by atoms with Gasteiger partial charge in [0, 0.05) is 18.3 Å². The Morgan fingerprint density at radius 3 is 2.76 bits per heavy atom. The van der Waals surface area contributed by atoms with Gasteiger partial charge in [0.15, 0.2) is 0 Å². The smallest absolute Gasteiger partial charge is 0.149 e. The molecule has 2 aromatic carbocycles. The number of para-hydroxylation sites is 2. The fourth-order valence-corrected chi connectivity index (χ4v) is 2.01. The standard InChI is InChI=1S/C16H16N4O/c17-8-9-21-13-5-3-4-12(10-13)19-16-11-18-14-6-1-2-7-15(14)20-16/h1-7,10-11H,8-9,17H2,(H,19,20). The number of hydrogen-bond acceptors (Lipinski definition) is 5. The fourth-order valence-electron chi connectivity index (χ4n) is 2.01. The zero-order chi connectivity index (χ0) is 14.5. The summed E-state index contributed by atoms with van der Waals surface area (Å²) < 4.78 is 5.50. The van der Waals surface area contributed by atoms with Crippen molar-refractivity contribution in [1.29, 1.82) is 0 Å². The van der Waals surface area contributed by atoms with Crippen LogP contribution in [0.15, 0.2) is 54.7 Å². The Hall–Kier alpha value is -2.66. The number of rotatable bonds is 5. The Kier molecular flexibility index (Phi) is 3.93. The average molecular weight is 280 g/mol. The van der Waals surface area contributed by atoms with Crippen LogP contribution in [-0.4, -0.2) is 23.1 Å². The number of anilines is 2. The maximum atomic E-state index is 5.50. The summed E-state index contributed by atoms with van der Waals surface area (Å²) in [4.78, 5) is 8.90. The first kappa shape index (κ1) is 13.3. The van der Waals surface area contributed by atoms with Gasteiger partial charge < -0.3 is 15.8 Å². The van der Waals surface area contributed by atoms with E-state index in [0.717, 1.165) is 22.5 Å². The molecule has 0 amide bonds. The first-order chi connectivity index (χ1) is 10.3. The molecule has 0 fully saturated rings. The fraction of sp³-hybridized carbons (Fsp3) is 0.125. The second-order valence-corrected chi connectivity index (χ2v) is 4.53. The molecule has 106 valence electrons. The summed E-state index contributed by atoms with van der Waals surface area (Å²) in [5.41, 5.74) is 8.07. The summed E-state index contributed by atoms with van der Waals surface area (Å²) in [5, 5.41) is 3.23. The molecule has 3 rings (SSSR count). The van der Waals surface area contributed by atoms with Crippen molar-refractivity contribution in [2.24, 2.45) is 5.73 Å². The van der Waals surface area contributed by atoms with E-state index in [1.165, 1.54) is 0 Å². The van der Waals surface area contributed by atoms with E-state index in [1.807, 2.05) is 48.5 Å². The molecular formula is C16H16N4O. The number of fused-ring (bicyclic) bond motifs is 1. The third kappa shape index (κ3) is 3.27. The summed E-state index contributed by atoms with van der Waals surface area (Å²) in [5.74, 6) is 1.48. The predicted molar refractivity (Wildman–Crippen MR) is 83.8 cm³/mol. The molecule has 0 saturated carbocycles. The van der Waals surface area contributed by atoms with Crippen LogP contribution in [-0.2, 0) is 0 Å². The van der Waals surface area contributed by atoms with Gasteiger partial charge in [0.25, 0.3) is 0 Å². The van der Waals surface area contributed by atoms with Gasteiger partial charge in [-0.1, -0.05) is 18.2 Å². The molecule has 21 heavy (non-hydrogen) atoms. The van der Waals surface area contributed by atoms with E-state index >= 15 is 0 Å². The lowest BCUT2D eigenvalue weighted by atomic mass is 10.3. The number of hydrogen-bond donors (Lipinski definition) is 2. The second kappa shape index (κ2) is 6.19. The minimum absolute atomic E-state index is 0.494. The summed E-state index contributed by atoms with van der Waals surface area (Å²) in [7, 11) is 0. The molecule has 0 atom stereocenters. The van der Waals surface area contributed by atoms with Crippen LogP contribution in [0, 0.1) is 0 Å². The third-order valence-corrected chi connectivity index (χ3v) is 2.94. The van der Waals surface area contributed by atoms with Gasteiger partial charge in [0.2, 0.25) is 0 Å². The Balaban J connectivity index is 1.81. The summed E-state index contributed by atoms with van der Waals surface area (Å²) >= 11 is 0. The van der Waals surface area contributed by atoms with Gasteiger partial charge in [0.05, 0.1) is 17.2 Å². The lowest BCUT2D eigenvalue weighted by Gasteiger charge is -2.09. The number of nitrogens with two attached hydrogens (primary N) is 1. The summed E-state index contributed by atoms with van der Waals surface area (Å²) in [6.45, 7) is 0.993. The number of nitrogens with one attached hydrogen (secondary N) is 1. The maximum Gasteiger partial charge on any atom is 0.149 e. The highest BCUT2D eigenvalue weighted by atomic mass is 16.5. The van der Waals surface area contributed by atoms with Crippen molar-refractivity contribution in [3.63, 3.8) is 0 Å². The molecule has 0 spiro atoms. The van der Waals surface area contributed by atoms with Crippen LogP contribution in [0.4, 0.5) is 11.5 Å². The highest BCUT2D eigenvalue weighted by Crippen LogP contribution is 2.21. The van der Waals surface area contributed by atoms with Crippen LogP contribution in [0.25, 0.3) is 11.0 Å². The van der Waals surface area contributed by atoms with Gasteiger partial charge in [0.1, 0.15) is 18.2 Å². The van der Waals surface area contributed by atoms with Crippen molar-refractivity contribution in [1.82, 2.24) is 9.97 Å². The third-order valence-electron chi connectivity index (χ3n) is 2.94. The van der Waals surface area contributed by atoms with Gasteiger partial charge in [-0.05, 0) is 24.3 Å². The molecule has 0 aliphatic heterocycles. The monoisotopic (exact) mass is 280 g/mol. The van der Waals surface area contributed by atoms with Crippen LogP contribution < -0.4 is 15.8 Å². The summed E-state index contributed by atoms with van der Waals surface area (Å²) in [6.07, 6.45) is 1.72. The molecule has 0 saturated heterocycles. The van der Waals surface area contributed by atoms with E-state index < -0.39 is 0 Å². The lowest BCUT2D eigenvalue weighted by molar-refractivity contribution is 0.328. The number of nitrogens with zero attached hydrogens (tertiary/aromatic N) is 2. The van der Waals surface area contributed by atoms with Gasteiger partial charge in [-0.25, -0.2) is 4.98 Å². The van der Waals surface area contributed by atoms with E-state index in [1.54, 1.807) is 6.20 Å². The van der Waals surface area contributed by atoms with E-state index in [2.05, 4.69) is 15.3 Å². The van der Waals surface area contributed by atoms with E-state index in [-0.39, 0.29) is 0 Å². The number of benzene rings is 2. The molecule has 0 aliphatic carbocycles. The van der Waals surface area contributed by atoms with Crippen molar-refractivity contribution in [2.75, 3.05) is 18.5 Å². The Morgan fingerprint density at radius 1 is 1.05 bits per heavy atom. The van der Waals surface area contributed by atoms with Gasteiger partial charge in [-0.15, -0.1) is 0 Å². The van der Waals surface area contributed by atoms with Crippen molar-refractivity contribution >= 4 is 22.5 Å². The van der Waals surface area contributed by atoms with E-state index in [4.69, 9.17) is 10.5 Å². The first-order valence-electron chi connectivity index (χ1n) is 6.77. The van der Waals surface area contributed by atoms with Crippen LogP contribution in [0.2, 0.25) is 0 Å². The van der Waals surface area contributed by atoms with Crippen LogP contribution in [0.1, 0.15) is 0 Å². The van der Waals surface area contributed by atoms with Gasteiger partial charge >= 0.3 is 0 Å². The molecule has 1 heterocycles. The Bertz CT molecular complexity index is 745. The second-order valence-electron chi connectivity index (χ2n) is 4.53. The molecule has 0 radical (unpaired) electrons. The first-order valence-corrected chi connectivity index (χ1v) is 6.77. The molecule has 5 nitrogen and oxygen atoms in total. The van der Waals surface area contributed by atoms with Crippen molar-refractivity contribution < 1.29 is 4.74 Å². The molecule has 3 aromatic rings. The van der Waals surface area contributed by atoms with Crippen molar-refractivity contribution in [3.8, 4) is 5.75 Å². The zero-order valence-electron chi connectivity index (χ0n) is 11.5. The molecular weight excluding hydrogens is 264 g/mol. The Morgan fingerprint density at radius 2 is 1.90 bits per heavy atom. The molecule has 1 aromatic heterocycles. The average Bonchev–Trinajstić information content (AvgIpc) is 2.53. The molecule has 0 aliphatic rings. The summed E-state index contributed by atoms with van der Waals surface area (Å²) in [6, 6.07) is 15.4. The number of ether oxygens (including phenoxy) is 1. The zero-order valence-corrected chi connectivity index (χ0v) is 11.5. The van der Waals surface area contributed by atoms with Crippen molar-refractivity contribution in [2.45, 2.75) is 0 Å². The van der Waals surface area contributed by atoms with E-state index in [0.29, 0.717) is 19.0 Å². The van der Waals surface area contributed by atoms with Gasteiger partial charge in [-0.3, -0.25) is 4.98 Å². The highest BCUT2D eigenvalue weighted by molar-refractivity contribution is 5.76. The highest BCUT2D eigenvalue weighted by Gasteiger charge is 2.01. The largest absolute Gasteiger partial charge is 0.492 e. The minimum atomic E-state index is 0.494. The quantitative estimate of drug-likeness (QED) is 0.751. The van der Waals surface area contributed by atoms with Gasteiger partial charge in [-0.2, -0.15) is 0 Å². The number of aromatic nitrogens is 2. The maximum absolute atomic E-state index is 5.50. The molecule has 3 N–H and O–H groups in total. The van der Waals surface area contributed by atoms with Crippen LogP contribution in [0.5, 0.6) is 5.75 Å². The molecule has 0 bridgehead atoms. The lowest BCUT2D eigenvalue weighted by Crippen LogP contribution is -2.10. The van der Waals surface area contributed by atoms with Crippen molar-refractivity contribution in [3.05, 3.63) is 54.7 Å². The topological polar surface area (TPSA) is 73.1 Å². The molecule has 5 heteroatoms. The minimum Gasteiger partial charge on any atom is -0.492 e. The van der Waals surface area contributed by atoms with Crippen LogP contribution >= 0.6 is 0 Å². The molecule has 0 unspecified atom stereocenters. The predicted octanol–water partition coefficient (Wildman–Crippen LogP) is 2.71.